The lowest BCUT2D eigenvalue weighted by molar-refractivity contribution is 0.321. The number of ether oxygens (including phenoxy) is 1. The molecular formula is C35H37N7O4S2. The van der Waals surface area contributed by atoms with Crippen molar-refractivity contribution >= 4 is 44.0 Å². The van der Waals surface area contributed by atoms with Gasteiger partial charge in [0.2, 0.25) is 16.0 Å². The summed E-state index contributed by atoms with van der Waals surface area (Å²) in [6.45, 7) is 4.28. The number of aromatic nitrogens is 4. The normalized spacial score (nSPS) is 16.0. The van der Waals surface area contributed by atoms with E-state index in [0.717, 1.165) is 70.1 Å². The van der Waals surface area contributed by atoms with E-state index in [1.54, 1.807) is 21.3 Å². The number of sulfonamides is 1. The van der Waals surface area contributed by atoms with E-state index in [4.69, 9.17) is 9.72 Å². The van der Waals surface area contributed by atoms with Crippen LogP contribution in [0.3, 0.4) is 0 Å². The number of nitrogens with one attached hydrogen (secondary N) is 1. The van der Waals surface area contributed by atoms with Crippen molar-refractivity contribution in [2.24, 2.45) is 0 Å². The van der Waals surface area contributed by atoms with Gasteiger partial charge in [-0.3, -0.25) is 9.36 Å². The van der Waals surface area contributed by atoms with E-state index >= 15 is 0 Å². The molecular weight excluding hydrogens is 647 g/mol. The minimum atomic E-state index is -3.18. The molecule has 2 aliphatic rings. The number of pyridine rings is 1. The number of aryl methyl sites for hydroxylation is 1. The van der Waals surface area contributed by atoms with Crippen LogP contribution in [0.2, 0.25) is 0 Å². The predicted octanol–water partition coefficient (Wildman–Crippen LogP) is 5.71. The lowest BCUT2D eigenvalue weighted by atomic mass is 9.87. The SMILES string of the molecule is Cc1cc(C2CCN(S(C)(=O)=O)CC2)ccc1-c1cc2cnc(Nc3ccc(OC4=CN(C)CC4)cc3)nc2n(Cc2nccs2)c1=O. The van der Waals surface area contributed by atoms with E-state index in [1.807, 2.05) is 61.9 Å². The molecule has 0 aliphatic carbocycles. The summed E-state index contributed by atoms with van der Waals surface area (Å²) < 4.78 is 33.2. The molecule has 0 bridgehead atoms. The molecule has 13 heteroatoms. The molecule has 0 saturated carbocycles. The van der Waals surface area contributed by atoms with Crippen molar-refractivity contribution in [1.29, 1.82) is 0 Å². The predicted molar refractivity (Wildman–Crippen MR) is 189 cm³/mol. The first-order chi connectivity index (χ1) is 23.1. The molecule has 5 heterocycles. The van der Waals surface area contributed by atoms with Gasteiger partial charge in [-0.05, 0) is 72.7 Å². The number of hydrogen-bond donors (Lipinski definition) is 1. The molecule has 2 aromatic carbocycles. The minimum Gasteiger partial charge on any atom is -0.460 e. The first kappa shape index (κ1) is 32.0. The monoisotopic (exact) mass is 683 g/mol. The zero-order chi connectivity index (χ0) is 33.4. The first-order valence-electron chi connectivity index (χ1n) is 15.9. The number of nitrogens with zero attached hydrogens (tertiary/aromatic N) is 6. The fourth-order valence-electron chi connectivity index (χ4n) is 6.41. The highest BCUT2D eigenvalue weighted by atomic mass is 32.2. The quantitative estimate of drug-likeness (QED) is 0.208. The van der Waals surface area contributed by atoms with Crippen LogP contribution < -0.4 is 15.6 Å². The largest absolute Gasteiger partial charge is 0.460 e. The van der Waals surface area contributed by atoms with Crippen LogP contribution in [0.15, 0.2) is 83.1 Å². The maximum absolute atomic E-state index is 14.2. The van der Waals surface area contributed by atoms with Crippen molar-refractivity contribution in [3.63, 3.8) is 0 Å². The van der Waals surface area contributed by atoms with Gasteiger partial charge in [0.05, 0.1) is 12.8 Å². The Morgan fingerprint density at radius 2 is 1.81 bits per heavy atom. The lowest BCUT2D eigenvalue weighted by Gasteiger charge is -2.30. The molecule has 1 fully saturated rings. The first-order valence-corrected chi connectivity index (χ1v) is 18.6. The molecule has 0 radical (unpaired) electrons. The van der Waals surface area contributed by atoms with Crippen LogP contribution in [-0.4, -0.2) is 70.1 Å². The molecule has 11 nitrogen and oxygen atoms in total. The molecule has 0 atom stereocenters. The van der Waals surface area contributed by atoms with Gasteiger partial charge in [-0.2, -0.15) is 4.98 Å². The van der Waals surface area contributed by atoms with Crippen LogP contribution in [0.1, 0.15) is 41.3 Å². The Morgan fingerprint density at radius 1 is 1.02 bits per heavy atom. The molecule has 0 amide bonds. The highest BCUT2D eigenvalue weighted by molar-refractivity contribution is 7.88. The second-order valence-corrected chi connectivity index (χ2v) is 15.4. The third kappa shape index (κ3) is 6.84. The summed E-state index contributed by atoms with van der Waals surface area (Å²) in [4.78, 5) is 30.2. The van der Waals surface area contributed by atoms with Crippen molar-refractivity contribution in [3.05, 3.63) is 105 Å². The van der Waals surface area contributed by atoms with Gasteiger partial charge < -0.3 is 15.0 Å². The van der Waals surface area contributed by atoms with E-state index in [0.29, 0.717) is 30.2 Å². The summed E-state index contributed by atoms with van der Waals surface area (Å²) in [6, 6.07) is 15.7. The summed E-state index contributed by atoms with van der Waals surface area (Å²) in [5, 5.41) is 6.70. The molecule has 1 saturated heterocycles. The highest BCUT2D eigenvalue weighted by Crippen LogP contribution is 2.33. The number of anilines is 2. The summed E-state index contributed by atoms with van der Waals surface area (Å²) in [6.07, 6.45) is 9.17. The molecule has 0 spiro atoms. The van der Waals surface area contributed by atoms with Crippen LogP contribution >= 0.6 is 11.3 Å². The van der Waals surface area contributed by atoms with E-state index in [9.17, 15) is 13.2 Å². The fraction of sp³-hybridized carbons (Fsp3) is 0.314. The topological polar surface area (TPSA) is 123 Å². The van der Waals surface area contributed by atoms with Gasteiger partial charge in [-0.1, -0.05) is 18.2 Å². The number of benzene rings is 2. The number of rotatable bonds is 9. The van der Waals surface area contributed by atoms with Crippen molar-refractivity contribution < 1.29 is 13.2 Å². The number of fused-ring (bicyclic) bond motifs is 1. The summed E-state index contributed by atoms with van der Waals surface area (Å²) in [5.74, 6) is 2.33. The van der Waals surface area contributed by atoms with Gasteiger partial charge in [-0.25, -0.2) is 22.7 Å². The van der Waals surface area contributed by atoms with Crippen LogP contribution in [0, 0.1) is 6.92 Å². The van der Waals surface area contributed by atoms with Crippen LogP contribution in [0.5, 0.6) is 5.75 Å². The molecule has 5 aromatic rings. The summed E-state index contributed by atoms with van der Waals surface area (Å²) in [5.41, 5.74) is 4.71. The smallest absolute Gasteiger partial charge is 0.260 e. The average molecular weight is 684 g/mol. The summed E-state index contributed by atoms with van der Waals surface area (Å²) >= 11 is 1.49. The van der Waals surface area contributed by atoms with Gasteiger partial charge in [-0.15, -0.1) is 11.3 Å². The zero-order valence-electron chi connectivity index (χ0n) is 27.1. The summed E-state index contributed by atoms with van der Waals surface area (Å²) in [7, 11) is -1.16. The van der Waals surface area contributed by atoms with Crippen molar-refractivity contribution in [1.82, 2.24) is 28.7 Å². The van der Waals surface area contributed by atoms with Gasteiger partial charge in [0.1, 0.15) is 22.2 Å². The Labute approximate surface area is 283 Å². The van der Waals surface area contributed by atoms with Crippen molar-refractivity contribution in [3.8, 4) is 16.9 Å². The third-order valence-corrected chi connectivity index (χ3v) is 11.0. The Morgan fingerprint density at radius 3 is 2.48 bits per heavy atom. The third-order valence-electron chi connectivity index (χ3n) is 8.97. The van der Waals surface area contributed by atoms with E-state index < -0.39 is 10.0 Å². The molecule has 48 heavy (non-hydrogen) atoms. The molecule has 1 N–H and O–H groups in total. The molecule has 2 aliphatic heterocycles. The molecule has 3 aromatic heterocycles. The van der Waals surface area contributed by atoms with Crippen molar-refractivity contribution in [2.75, 3.05) is 38.3 Å². The minimum absolute atomic E-state index is 0.159. The number of piperidine rings is 1. The van der Waals surface area contributed by atoms with Gasteiger partial charge >= 0.3 is 0 Å². The average Bonchev–Trinajstić information content (AvgIpc) is 3.74. The van der Waals surface area contributed by atoms with E-state index in [1.165, 1.54) is 17.6 Å². The van der Waals surface area contributed by atoms with E-state index in [2.05, 4.69) is 32.3 Å². The standard InChI is InChI=1S/C35H37N7O4S2/c1-23-18-25(24-10-15-41(16-11-24)48(3,44)45)4-9-30(23)31-19-26-20-37-35(39-33(26)42(34(31)43)22-32-36-13-17-47-32)38-27-5-7-28(8-6-27)46-29-12-14-40(2)21-29/h4-9,13,17-21,24H,10-12,14-16,22H2,1-3H3,(H,37,38,39). The Hall–Kier alpha value is -4.59. The van der Waals surface area contributed by atoms with Crippen LogP contribution in [-0.2, 0) is 16.6 Å². The maximum Gasteiger partial charge on any atom is 0.260 e. The van der Waals surface area contributed by atoms with Gasteiger partial charge in [0, 0.05) is 73.7 Å². The maximum atomic E-state index is 14.2. The lowest BCUT2D eigenvalue weighted by Crippen LogP contribution is -2.37. The number of thiazole rings is 1. The molecule has 0 unspecified atom stereocenters. The number of hydrogen-bond acceptors (Lipinski definition) is 10. The fourth-order valence-corrected chi connectivity index (χ4v) is 7.89. The Bertz CT molecular complexity index is 2160. The molecule has 7 rings (SSSR count). The van der Waals surface area contributed by atoms with Gasteiger partial charge in [0.25, 0.3) is 5.56 Å². The second-order valence-electron chi connectivity index (χ2n) is 12.4. The molecule has 248 valence electrons. The highest BCUT2D eigenvalue weighted by Gasteiger charge is 2.26. The van der Waals surface area contributed by atoms with E-state index in [-0.39, 0.29) is 18.0 Å². The zero-order valence-corrected chi connectivity index (χ0v) is 28.7. The van der Waals surface area contributed by atoms with Crippen LogP contribution in [0.25, 0.3) is 22.2 Å². The Balaban J connectivity index is 1.17. The van der Waals surface area contributed by atoms with Crippen molar-refractivity contribution in [2.45, 2.75) is 38.6 Å². The second kappa shape index (κ2) is 13.1. The Kier molecular flexibility index (Phi) is 8.75. The van der Waals surface area contributed by atoms with Gasteiger partial charge in [0.15, 0.2) is 0 Å². The van der Waals surface area contributed by atoms with Crippen LogP contribution in [0.4, 0.5) is 11.6 Å².